The van der Waals surface area contributed by atoms with Crippen LogP contribution in [0.4, 0.5) is 0 Å². The number of hydrogen-bond donors (Lipinski definition) is 1. The quantitative estimate of drug-likeness (QED) is 0.401. The number of benzene rings is 1. The van der Waals surface area contributed by atoms with Crippen LogP contribution in [0.3, 0.4) is 0 Å². The molecule has 2 heterocycles. The predicted octanol–water partition coefficient (Wildman–Crippen LogP) is 4.35. The summed E-state index contributed by atoms with van der Waals surface area (Å²) in [6.07, 6.45) is 3.46. The fourth-order valence-electron chi connectivity index (χ4n) is 2.33. The van der Waals surface area contributed by atoms with Gasteiger partial charge in [0.1, 0.15) is 5.76 Å². The molecule has 24 heavy (non-hydrogen) atoms. The van der Waals surface area contributed by atoms with Crippen LogP contribution >= 0.6 is 15.9 Å². The lowest BCUT2D eigenvalue weighted by atomic mass is 10.1. The van der Waals surface area contributed by atoms with Crippen LogP contribution in [0.5, 0.6) is 0 Å². The van der Waals surface area contributed by atoms with E-state index in [0.717, 1.165) is 10.9 Å². The van der Waals surface area contributed by atoms with Crippen LogP contribution in [0.2, 0.25) is 0 Å². The van der Waals surface area contributed by atoms with Gasteiger partial charge in [0.05, 0.1) is 0 Å². The normalized spacial score (nSPS) is 12.6. The first-order chi connectivity index (χ1) is 11.5. The summed E-state index contributed by atoms with van der Waals surface area (Å²) in [5.41, 5.74) is 1.37. The van der Waals surface area contributed by atoms with Crippen LogP contribution in [0.1, 0.15) is 23.0 Å². The first kappa shape index (κ1) is 16.3. The van der Waals surface area contributed by atoms with E-state index >= 15 is 0 Å². The number of para-hydroxylation sites is 1. The van der Waals surface area contributed by atoms with Gasteiger partial charge in [0.25, 0.3) is 0 Å². The van der Waals surface area contributed by atoms with Crippen LogP contribution in [0.15, 0.2) is 57.8 Å². The minimum atomic E-state index is -0.885. The molecule has 5 nitrogen and oxygen atoms in total. The average molecular weight is 388 g/mol. The van der Waals surface area contributed by atoms with E-state index in [1.165, 1.54) is 12.2 Å². The number of H-pyrrole nitrogens is 1. The lowest BCUT2D eigenvalue weighted by Crippen LogP contribution is -2.23. The van der Waals surface area contributed by atoms with Crippen molar-refractivity contribution in [2.75, 3.05) is 0 Å². The highest BCUT2D eigenvalue weighted by Gasteiger charge is 2.21. The van der Waals surface area contributed by atoms with Gasteiger partial charge in [0.15, 0.2) is 10.8 Å². The summed E-state index contributed by atoms with van der Waals surface area (Å²) >= 11 is 3.18. The summed E-state index contributed by atoms with van der Waals surface area (Å²) in [4.78, 5) is 27.4. The standard InChI is InChI=1S/C18H14BrNO4/c1-11(23-17(21)9-7-12-6-8-16(19)24-12)18(22)14-10-20-15-5-3-2-4-13(14)15/h2-11,20H,1H3/b9-7+/t11-/m0/s1. The van der Waals surface area contributed by atoms with Crippen LogP contribution < -0.4 is 0 Å². The fourth-order valence-corrected chi connectivity index (χ4v) is 2.65. The minimum Gasteiger partial charge on any atom is -0.451 e. The van der Waals surface area contributed by atoms with E-state index < -0.39 is 12.1 Å². The summed E-state index contributed by atoms with van der Waals surface area (Å²) in [7, 11) is 0. The zero-order valence-electron chi connectivity index (χ0n) is 12.8. The van der Waals surface area contributed by atoms with Crippen LogP contribution in [0, 0.1) is 0 Å². The lowest BCUT2D eigenvalue weighted by molar-refractivity contribution is -0.140. The minimum absolute atomic E-state index is 0.255. The highest BCUT2D eigenvalue weighted by Crippen LogP contribution is 2.20. The molecule has 0 radical (unpaired) electrons. The van der Waals surface area contributed by atoms with E-state index in [1.54, 1.807) is 25.3 Å². The maximum absolute atomic E-state index is 12.5. The number of halogens is 1. The molecule has 3 rings (SSSR count). The molecule has 0 saturated heterocycles. The van der Waals surface area contributed by atoms with Gasteiger partial charge in [-0.25, -0.2) is 4.79 Å². The number of aromatic amines is 1. The number of aromatic nitrogens is 1. The molecule has 3 aromatic rings. The van der Waals surface area contributed by atoms with Crippen LogP contribution in [-0.2, 0) is 9.53 Å². The molecule has 0 amide bonds. The number of fused-ring (bicyclic) bond motifs is 1. The molecule has 2 aromatic heterocycles. The molecular weight excluding hydrogens is 374 g/mol. The number of furan rings is 1. The number of esters is 1. The summed E-state index contributed by atoms with van der Waals surface area (Å²) < 4.78 is 11.0. The molecule has 0 bridgehead atoms. The summed E-state index contributed by atoms with van der Waals surface area (Å²) in [5.74, 6) is -0.354. The van der Waals surface area contributed by atoms with Gasteiger partial charge in [-0.05, 0) is 47.1 Å². The maximum atomic E-state index is 12.5. The molecule has 122 valence electrons. The molecule has 0 unspecified atom stereocenters. The van der Waals surface area contributed by atoms with Crippen LogP contribution in [0.25, 0.3) is 17.0 Å². The predicted molar refractivity (Wildman–Crippen MR) is 93.6 cm³/mol. The van der Waals surface area contributed by atoms with E-state index in [-0.39, 0.29) is 5.78 Å². The Bertz CT molecular complexity index is 922. The topological polar surface area (TPSA) is 72.3 Å². The zero-order chi connectivity index (χ0) is 17.1. The number of Topliss-reactive ketones (excluding diaryl/α,β-unsaturated/α-hetero) is 1. The molecule has 0 saturated carbocycles. The van der Waals surface area contributed by atoms with Crippen molar-refractivity contribution < 1.29 is 18.7 Å². The van der Waals surface area contributed by atoms with Crippen molar-refractivity contribution in [3.63, 3.8) is 0 Å². The fraction of sp³-hybridized carbons (Fsp3) is 0.111. The van der Waals surface area contributed by atoms with E-state index in [9.17, 15) is 9.59 Å². The van der Waals surface area contributed by atoms with Gasteiger partial charge in [-0.3, -0.25) is 4.79 Å². The lowest BCUT2D eigenvalue weighted by Gasteiger charge is -2.10. The monoisotopic (exact) mass is 387 g/mol. The first-order valence-corrected chi connectivity index (χ1v) is 8.08. The molecule has 1 atom stereocenters. The van der Waals surface area contributed by atoms with Crippen molar-refractivity contribution in [2.45, 2.75) is 13.0 Å². The third kappa shape index (κ3) is 3.49. The number of nitrogens with one attached hydrogen (secondary N) is 1. The number of hydrogen-bond acceptors (Lipinski definition) is 4. The number of ketones is 1. The van der Waals surface area contributed by atoms with Gasteiger partial charge in [-0.2, -0.15) is 0 Å². The van der Waals surface area contributed by atoms with Crippen molar-refractivity contribution in [1.82, 2.24) is 4.98 Å². The van der Waals surface area contributed by atoms with E-state index in [4.69, 9.17) is 9.15 Å². The van der Waals surface area contributed by atoms with Crippen molar-refractivity contribution in [1.29, 1.82) is 0 Å². The second-order valence-corrected chi connectivity index (χ2v) is 5.95. The second-order valence-electron chi connectivity index (χ2n) is 5.17. The van der Waals surface area contributed by atoms with E-state index in [0.29, 0.717) is 16.0 Å². The third-order valence-electron chi connectivity index (χ3n) is 3.49. The molecule has 0 aliphatic carbocycles. The van der Waals surface area contributed by atoms with Gasteiger partial charge in [0, 0.05) is 28.7 Å². The molecule has 1 N–H and O–H groups in total. The largest absolute Gasteiger partial charge is 0.451 e. The molecule has 0 fully saturated rings. The Morgan fingerprint density at radius 2 is 2.04 bits per heavy atom. The Kier molecular flexibility index (Phi) is 4.66. The van der Waals surface area contributed by atoms with Crippen molar-refractivity contribution in [3.05, 3.63) is 64.7 Å². The number of carbonyl (C=O) groups excluding carboxylic acids is 2. The molecule has 1 aromatic carbocycles. The van der Waals surface area contributed by atoms with Gasteiger partial charge in [-0.15, -0.1) is 0 Å². The summed E-state index contributed by atoms with van der Waals surface area (Å²) in [5, 5.41) is 0.807. The Morgan fingerprint density at radius 3 is 2.79 bits per heavy atom. The summed E-state index contributed by atoms with van der Waals surface area (Å²) in [6.45, 7) is 1.55. The number of ether oxygens (including phenoxy) is 1. The Hall–Kier alpha value is -2.60. The molecule has 0 spiro atoms. The first-order valence-electron chi connectivity index (χ1n) is 7.29. The molecule has 6 heteroatoms. The van der Waals surface area contributed by atoms with Gasteiger partial charge in [-0.1, -0.05) is 18.2 Å². The Labute approximate surface area is 146 Å². The second kappa shape index (κ2) is 6.88. The van der Waals surface area contributed by atoms with Crippen LogP contribution in [-0.4, -0.2) is 22.8 Å². The average Bonchev–Trinajstić information content (AvgIpc) is 3.18. The third-order valence-corrected chi connectivity index (χ3v) is 3.92. The van der Waals surface area contributed by atoms with E-state index in [1.807, 2.05) is 24.3 Å². The Balaban J connectivity index is 1.67. The Morgan fingerprint density at radius 1 is 1.25 bits per heavy atom. The van der Waals surface area contributed by atoms with Crippen molar-refractivity contribution in [3.8, 4) is 0 Å². The highest BCUT2D eigenvalue weighted by atomic mass is 79.9. The SMILES string of the molecule is C[C@H](OC(=O)/C=C/c1ccc(Br)o1)C(=O)c1c[nH]c2ccccc12. The van der Waals surface area contributed by atoms with Gasteiger partial charge >= 0.3 is 5.97 Å². The molecule has 0 aliphatic rings. The smallest absolute Gasteiger partial charge is 0.331 e. The zero-order valence-corrected chi connectivity index (χ0v) is 14.4. The van der Waals surface area contributed by atoms with Crippen molar-refractivity contribution in [2.24, 2.45) is 0 Å². The van der Waals surface area contributed by atoms with Crippen molar-refractivity contribution >= 4 is 44.7 Å². The molecular formula is C18H14BrNO4. The van der Waals surface area contributed by atoms with E-state index in [2.05, 4.69) is 20.9 Å². The highest BCUT2D eigenvalue weighted by molar-refractivity contribution is 9.10. The molecule has 0 aliphatic heterocycles. The van der Waals surface area contributed by atoms with Gasteiger partial charge < -0.3 is 14.1 Å². The van der Waals surface area contributed by atoms with Gasteiger partial charge in [0.2, 0.25) is 5.78 Å². The number of carbonyl (C=O) groups is 2. The number of rotatable bonds is 5. The summed E-state index contributed by atoms with van der Waals surface area (Å²) in [6, 6.07) is 10.9. The maximum Gasteiger partial charge on any atom is 0.331 e.